The Hall–Kier alpha value is -5.17. The maximum absolute atomic E-state index is 12.0. The highest BCUT2D eigenvalue weighted by atomic mass is 28.4. The van der Waals surface area contributed by atoms with E-state index >= 15 is 0 Å². The number of hydrogen-bond acceptors (Lipinski definition) is 12. The van der Waals surface area contributed by atoms with Crippen LogP contribution < -0.4 is 15.4 Å². The second-order valence-corrected chi connectivity index (χ2v) is 33.4. The van der Waals surface area contributed by atoms with Gasteiger partial charge < -0.3 is 49.0 Å². The molecule has 0 saturated heterocycles. The zero-order valence-corrected chi connectivity index (χ0v) is 49.8. The van der Waals surface area contributed by atoms with E-state index in [2.05, 4.69) is 106 Å². The number of aliphatic hydroxyl groups is 2. The molecule has 0 aliphatic rings. The van der Waals surface area contributed by atoms with Gasteiger partial charge in [0.15, 0.2) is 16.6 Å². The van der Waals surface area contributed by atoms with Crippen molar-refractivity contribution in [3.05, 3.63) is 165 Å². The maximum Gasteiger partial charge on any atom is 0.337 e. The molecule has 0 unspecified atom stereocenters. The van der Waals surface area contributed by atoms with Crippen LogP contribution in [0.1, 0.15) is 141 Å². The number of hydrogen-bond donors (Lipinski definition) is 5. The van der Waals surface area contributed by atoms with E-state index < -0.39 is 16.6 Å². The van der Waals surface area contributed by atoms with Crippen LogP contribution in [0.3, 0.4) is 0 Å². The fourth-order valence-electron chi connectivity index (χ4n) is 7.99. The zero-order valence-electron chi connectivity index (χ0n) is 47.8. The number of rotatable bonds is 23. The van der Waals surface area contributed by atoms with Crippen molar-refractivity contribution in [3.8, 4) is 11.5 Å². The first-order chi connectivity index (χ1) is 34.9. The normalized spacial score (nSPS) is 13.3. The van der Waals surface area contributed by atoms with E-state index in [-0.39, 0.29) is 64.3 Å². The molecule has 0 aliphatic heterocycles. The third-order valence-corrected chi connectivity index (χ3v) is 23.5. The summed E-state index contributed by atoms with van der Waals surface area (Å²) >= 11 is 0. The zero-order chi connectivity index (χ0) is 56.0. The van der Waals surface area contributed by atoms with Crippen LogP contribution in [0.15, 0.2) is 115 Å². The Kier molecular flexibility index (Phi) is 22.2. The summed E-state index contributed by atoms with van der Waals surface area (Å²) in [7, 11) is -1.45. The van der Waals surface area contributed by atoms with Crippen molar-refractivity contribution in [3.63, 3.8) is 0 Å². The van der Waals surface area contributed by atoms with Gasteiger partial charge in [-0.3, -0.25) is 0 Å². The Morgan fingerprint density at radius 2 is 0.947 bits per heavy atom. The van der Waals surface area contributed by atoms with Gasteiger partial charge in [0, 0.05) is 35.3 Å². The van der Waals surface area contributed by atoms with Crippen molar-refractivity contribution in [2.75, 3.05) is 27.3 Å². The summed E-state index contributed by atoms with van der Waals surface area (Å²) in [4.78, 5) is 23.9. The molecular formula is C61H88N2O10Si2. The molecule has 0 bridgehead atoms. The van der Waals surface area contributed by atoms with E-state index in [0.29, 0.717) is 48.6 Å². The average molecular weight is 1070 g/mol. The monoisotopic (exact) mass is 1060 g/mol. The van der Waals surface area contributed by atoms with Crippen molar-refractivity contribution in [1.82, 2.24) is 10.6 Å². The van der Waals surface area contributed by atoms with Crippen LogP contribution in [-0.2, 0) is 51.0 Å². The van der Waals surface area contributed by atoms with Crippen LogP contribution in [0.5, 0.6) is 11.5 Å². The second-order valence-electron chi connectivity index (χ2n) is 23.8. The van der Waals surface area contributed by atoms with Crippen molar-refractivity contribution in [2.24, 2.45) is 0 Å². The molecule has 0 aliphatic carbocycles. The smallest absolute Gasteiger partial charge is 0.337 e. The molecule has 12 nitrogen and oxygen atoms in total. The first kappa shape index (κ1) is 62.4. The van der Waals surface area contributed by atoms with E-state index in [1.165, 1.54) is 14.2 Å². The molecule has 75 heavy (non-hydrogen) atoms. The number of carbonyl (C=O) groups excluding carboxylic acids is 2. The molecule has 2 atom stereocenters. The Balaban J connectivity index is 0.000000330. The summed E-state index contributed by atoms with van der Waals surface area (Å²) in [6.07, 6.45) is 0.971. The van der Waals surface area contributed by atoms with Gasteiger partial charge in [0.05, 0.1) is 50.8 Å². The Morgan fingerprint density at radius 1 is 0.533 bits per heavy atom. The van der Waals surface area contributed by atoms with Gasteiger partial charge in [-0.05, 0) is 153 Å². The van der Waals surface area contributed by atoms with E-state index in [0.717, 1.165) is 39.8 Å². The molecule has 5 N–H and O–H groups in total. The third-order valence-electron chi connectivity index (χ3n) is 14.5. The predicted molar refractivity (Wildman–Crippen MR) is 306 cm³/mol. The molecule has 0 saturated carbocycles. The number of carbonyl (C=O) groups is 2. The summed E-state index contributed by atoms with van der Waals surface area (Å²) in [5, 5.41) is 37.4. The molecular weight excluding hydrogens is 977 g/mol. The average Bonchev–Trinajstić information content (AvgIpc) is 3.35. The molecule has 5 aromatic rings. The van der Waals surface area contributed by atoms with Crippen LogP contribution >= 0.6 is 0 Å². The van der Waals surface area contributed by atoms with Crippen molar-refractivity contribution < 1.29 is 48.0 Å². The fourth-order valence-corrected chi connectivity index (χ4v) is 10.6. The van der Waals surface area contributed by atoms with Crippen molar-refractivity contribution >= 4 is 28.6 Å². The van der Waals surface area contributed by atoms with Gasteiger partial charge in [0.25, 0.3) is 0 Å². The van der Waals surface area contributed by atoms with Gasteiger partial charge in [-0.1, -0.05) is 108 Å². The molecule has 0 radical (unpaired) electrons. The SMILES string of the molecule is COC(=O)c1cccc(CC(C)(C)NC[C@H](O[Si](C)(C)C(C)(C)C)c2ccc(O)c(CO)c2)c1.COC(=O)c1cccc(CC(C)(C)NC[C@H](O[Si](C)(C)C(C)(C)C)c2ccc(OCc3ccccc3)c(CO)c2)c1. The highest BCUT2D eigenvalue weighted by Crippen LogP contribution is 2.42. The lowest BCUT2D eigenvalue weighted by molar-refractivity contribution is 0.0591. The van der Waals surface area contributed by atoms with Crippen LogP contribution in [-0.4, -0.2) is 82.3 Å². The minimum absolute atomic E-state index is 0.0336. The van der Waals surface area contributed by atoms with Crippen LogP contribution in [0.2, 0.25) is 36.3 Å². The third kappa shape index (κ3) is 18.8. The van der Waals surface area contributed by atoms with Crippen LogP contribution in [0.25, 0.3) is 0 Å². The number of ether oxygens (including phenoxy) is 3. The number of phenols is 1. The Labute approximate surface area is 450 Å². The van der Waals surface area contributed by atoms with E-state index in [9.17, 15) is 24.9 Å². The Bertz CT molecular complexity index is 2620. The highest BCUT2D eigenvalue weighted by Gasteiger charge is 2.41. The topological polar surface area (TPSA) is 165 Å². The predicted octanol–water partition coefficient (Wildman–Crippen LogP) is 12.6. The number of aromatic hydroxyl groups is 1. The van der Waals surface area contributed by atoms with Gasteiger partial charge in [-0.2, -0.15) is 0 Å². The minimum atomic E-state index is -2.13. The van der Waals surface area contributed by atoms with Crippen molar-refractivity contribution in [1.29, 1.82) is 0 Å². The van der Waals surface area contributed by atoms with Gasteiger partial charge in [-0.15, -0.1) is 0 Å². The van der Waals surface area contributed by atoms with Gasteiger partial charge in [-0.25, -0.2) is 9.59 Å². The first-order valence-electron chi connectivity index (χ1n) is 26.0. The maximum atomic E-state index is 12.0. The number of nitrogens with one attached hydrogen (secondary N) is 2. The molecule has 0 amide bonds. The molecule has 0 heterocycles. The largest absolute Gasteiger partial charge is 0.508 e. The Morgan fingerprint density at radius 3 is 1.36 bits per heavy atom. The van der Waals surface area contributed by atoms with Gasteiger partial charge >= 0.3 is 11.9 Å². The molecule has 0 aromatic heterocycles. The number of esters is 2. The number of benzene rings is 5. The highest BCUT2D eigenvalue weighted by molar-refractivity contribution is 6.74. The summed E-state index contributed by atoms with van der Waals surface area (Å²) in [5.41, 5.74) is 6.84. The fraction of sp³-hybridized carbons (Fsp3) is 0.475. The lowest BCUT2D eigenvalue weighted by Gasteiger charge is -2.40. The standard InChI is InChI=1S/C34H47NO5Si.C27H41NO5Si/c1-33(2,3)41(7,8)40-31(22-35-34(4,5)21-26-15-12-16-28(19-26)32(37)38-6)27-17-18-30(29(20-27)23-36)39-24-25-13-10-9-11-14-25;1-26(2,3)34(7,8)33-24(20-12-13-23(30)22(15-20)18-29)17-28-27(4,5)16-19-10-9-11-21(14-19)25(31)32-6/h9-20,31,35-36H,21-24H2,1-8H3;9-15,24,28-30H,16-18H2,1-8H3/t31-;24-/m00/s1. The summed E-state index contributed by atoms with van der Waals surface area (Å²) in [5.74, 6) is 0.0693. The number of aliphatic hydroxyl groups excluding tert-OH is 2. The number of methoxy groups -OCH3 is 2. The summed E-state index contributed by atoms with van der Waals surface area (Å²) in [6, 6.07) is 36.4. The molecule has 5 rings (SSSR count). The lowest BCUT2D eigenvalue weighted by atomic mass is 9.93. The second kappa shape index (κ2) is 26.7. The van der Waals surface area contributed by atoms with Crippen LogP contribution in [0.4, 0.5) is 0 Å². The molecule has 14 heteroatoms. The molecule has 410 valence electrons. The van der Waals surface area contributed by atoms with Crippen molar-refractivity contribution in [2.45, 2.75) is 161 Å². The van der Waals surface area contributed by atoms with E-state index in [1.807, 2.05) is 97.1 Å². The molecule has 0 fully saturated rings. The van der Waals surface area contributed by atoms with Gasteiger partial charge in [0.1, 0.15) is 18.1 Å². The minimum Gasteiger partial charge on any atom is -0.508 e. The van der Waals surface area contributed by atoms with Crippen LogP contribution in [0, 0.1) is 0 Å². The van der Waals surface area contributed by atoms with E-state index in [1.54, 1.807) is 18.2 Å². The molecule has 5 aromatic carbocycles. The summed E-state index contributed by atoms with van der Waals surface area (Å²) < 4.78 is 29.6. The van der Waals surface area contributed by atoms with Gasteiger partial charge in [0.2, 0.25) is 0 Å². The quantitative estimate of drug-likeness (QED) is 0.0311. The first-order valence-corrected chi connectivity index (χ1v) is 31.8. The molecule has 0 spiro atoms. The lowest BCUT2D eigenvalue weighted by Crippen LogP contribution is -2.47. The van der Waals surface area contributed by atoms with E-state index in [4.69, 9.17) is 23.1 Å². The summed E-state index contributed by atoms with van der Waals surface area (Å²) in [6.45, 7) is 32.1.